The van der Waals surface area contributed by atoms with E-state index < -0.39 is 0 Å². The van der Waals surface area contributed by atoms with Crippen molar-refractivity contribution in [3.63, 3.8) is 0 Å². The second kappa shape index (κ2) is 8.37. The van der Waals surface area contributed by atoms with Gasteiger partial charge in [0.1, 0.15) is 0 Å². The van der Waals surface area contributed by atoms with Gasteiger partial charge in [-0.2, -0.15) is 0 Å². The average Bonchev–Trinajstić information content (AvgIpc) is 2.42. The average molecular weight is 283 g/mol. The van der Waals surface area contributed by atoms with Gasteiger partial charge in [0.25, 0.3) is 0 Å². The fourth-order valence-electron chi connectivity index (χ4n) is 1.49. The molecular weight excluding hydrogens is 264 g/mol. The van der Waals surface area contributed by atoms with Crippen LogP contribution in [0, 0.1) is 0 Å². The predicted octanol–water partition coefficient (Wildman–Crippen LogP) is 1.85. The summed E-state index contributed by atoms with van der Waals surface area (Å²) >= 11 is 5.77. The second-order valence-electron chi connectivity index (χ2n) is 3.91. The molecule has 104 valence electrons. The second-order valence-corrected chi connectivity index (χ2v) is 4.34. The number of guanidine groups is 1. The van der Waals surface area contributed by atoms with Crippen molar-refractivity contribution in [3.05, 3.63) is 29.3 Å². The van der Waals surface area contributed by atoms with Crippen LogP contribution in [0.1, 0.15) is 12.8 Å². The molecule has 0 aromatic heterocycles. The van der Waals surface area contributed by atoms with E-state index in [2.05, 4.69) is 20.9 Å². The van der Waals surface area contributed by atoms with Gasteiger partial charge in [-0.1, -0.05) is 11.6 Å². The Bertz CT molecular complexity index is 431. The van der Waals surface area contributed by atoms with Gasteiger partial charge in [-0.25, -0.2) is 0 Å². The van der Waals surface area contributed by atoms with Gasteiger partial charge in [0.05, 0.1) is 0 Å². The topological polar surface area (TPSA) is 65.5 Å². The fraction of sp³-hybridized carbons (Fsp3) is 0.385. The summed E-state index contributed by atoms with van der Waals surface area (Å²) in [5.74, 6) is 0.710. The zero-order valence-corrected chi connectivity index (χ0v) is 11.9. The van der Waals surface area contributed by atoms with Gasteiger partial charge >= 0.3 is 0 Å². The zero-order chi connectivity index (χ0) is 14.1. The van der Waals surface area contributed by atoms with E-state index in [0.29, 0.717) is 18.0 Å². The molecule has 1 rings (SSSR count). The molecule has 0 saturated heterocycles. The number of nitrogens with one attached hydrogen (secondary N) is 3. The van der Waals surface area contributed by atoms with E-state index in [1.165, 1.54) is 0 Å². The van der Waals surface area contributed by atoms with E-state index in [9.17, 15) is 4.79 Å². The number of halogens is 1. The molecule has 0 bridgehead atoms. The van der Waals surface area contributed by atoms with Crippen molar-refractivity contribution in [1.82, 2.24) is 10.6 Å². The van der Waals surface area contributed by atoms with Gasteiger partial charge in [0.15, 0.2) is 5.96 Å². The number of carbonyl (C=O) groups excluding carboxylic acids is 1. The molecule has 5 nitrogen and oxygen atoms in total. The lowest BCUT2D eigenvalue weighted by Crippen LogP contribution is -2.35. The molecule has 0 aliphatic carbocycles. The molecule has 0 saturated carbocycles. The van der Waals surface area contributed by atoms with Gasteiger partial charge in [-0.3, -0.25) is 9.79 Å². The Morgan fingerprint density at radius 3 is 2.58 bits per heavy atom. The van der Waals surface area contributed by atoms with Crippen LogP contribution in [0.15, 0.2) is 29.3 Å². The Hall–Kier alpha value is -1.75. The van der Waals surface area contributed by atoms with E-state index in [1.54, 1.807) is 38.4 Å². The number of benzene rings is 1. The number of rotatable bonds is 5. The Morgan fingerprint density at radius 1 is 1.32 bits per heavy atom. The van der Waals surface area contributed by atoms with Crippen LogP contribution in [-0.2, 0) is 4.79 Å². The van der Waals surface area contributed by atoms with Gasteiger partial charge in [0, 0.05) is 37.8 Å². The summed E-state index contributed by atoms with van der Waals surface area (Å²) in [5, 5.41) is 9.47. The third-order valence-electron chi connectivity index (χ3n) is 2.46. The molecular formula is C13H19ClN4O. The summed E-state index contributed by atoms with van der Waals surface area (Å²) in [7, 11) is 3.49. The van der Waals surface area contributed by atoms with E-state index in [1.807, 2.05) is 0 Å². The minimum atomic E-state index is -0.0106. The Balaban J connectivity index is 2.23. The number of amides is 1. The number of hydrogen-bond donors (Lipinski definition) is 3. The highest BCUT2D eigenvalue weighted by Crippen LogP contribution is 2.13. The zero-order valence-electron chi connectivity index (χ0n) is 11.2. The lowest BCUT2D eigenvalue weighted by molar-refractivity contribution is -0.116. The third-order valence-corrected chi connectivity index (χ3v) is 2.71. The number of carbonyl (C=O) groups is 1. The summed E-state index contributed by atoms with van der Waals surface area (Å²) in [6, 6.07) is 7.05. The first kappa shape index (κ1) is 15.3. The normalized spacial score (nSPS) is 11.0. The van der Waals surface area contributed by atoms with Gasteiger partial charge < -0.3 is 16.0 Å². The predicted molar refractivity (Wildman–Crippen MR) is 79.7 cm³/mol. The van der Waals surface area contributed by atoms with Gasteiger partial charge in [-0.05, 0) is 30.7 Å². The Morgan fingerprint density at radius 2 is 2.00 bits per heavy atom. The summed E-state index contributed by atoms with van der Waals surface area (Å²) in [4.78, 5) is 15.6. The van der Waals surface area contributed by atoms with Crippen molar-refractivity contribution >= 4 is 29.2 Å². The van der Waals surface area contributed by atoms with E-state index in [4.69, 9.17) is 11.6 Å². The molecule has 0 spiro atoms. The largest absolute Gasteiger partial charge is 0.359 e. The lowest BCUT2D eigenvalue weighted by Gasteiger charge is -2.08. The van der Waals surface area contributed by atoms with Crippen LogP contribution >= 0.6 is 11.6 Å². The molecule has 0 atom stereocenters. The molecule has 0 heterocycles. The maximum Gasteiger partial charge on any atom is 0.224 e. The molecule has 0 fully saturated rings. The molecule has 0 aliphatic rings. The molecule has 0 aliphatic heterocycles. The first-order chi connectivity index (χ1) is 9.15. The molecule has 3 N–H and O–H groups in total. The van der Waals surface area contributed by atoms with Crippen LogP contribution in [0.5, 0.6) is 0 Å². The van der Waals surface area contributed by atoms with Crippen LogP contribution < -0.4 is 16.0 Å². The van der Waals surface area contributed by atoms with Crippen LogP contribution in [-0.4, -0.2) is 32.5 Å². The molecule has 6 heteroatoms. The van der Waals surface area contributed by atoms with Crippen LogP contribution in [0.4, 0.5) is 5.69 Å². The van der Waals surface area contributed by atoms with Crippen LogP contribution in [0.25, 0.3) is 0 Å². The number of nitrogens with zero attached hydrogens (tertiary/aromatic N) is 1. The Kier molecular flexibility index (Phi) is 6.74. The van der Waals surface area contributed by atoms with Crippen molar-refractivity contribution in [2.45, 2.75) is 12.8 Å². The molecule has 1 amide bonds. The van der Waals surface area contributed by atoms with Crippen LogP contribution in [0.3, 0.4) is 0 Å². The maximum absolute atomic E-state index is 11.7. The molecule has 1 aromatic carbocycles. The standard InChI is InChI=1S/C13H19ClN4O/c1-15-13(16-2)17-9-3-4-12(19)18-11-7-5-10(14)6-8-11/h5-8H,3-4,9H2,1-2H3,(H,18,19)(H2,15,16,17). The summed E-state index contributed by atoms with van der Waals surface area (Å²) in [6.07, 6.45) is 1.19. The summed E-state index contributed by atoms with van der Waals surface area (Å²) in [6.45, 7) is 0.696. The van der Waals surface area contributed by atoms with E-state index >= 15 is 0 Å². The van der Waals surface area contributed by atoms with Gasteiger partial charge in [-0.15, -0.1) is 0 Å². The molecule has 1 aromatic rings. The highest BCUT2D eigenvalue weighted by atomic mass is 35.5. The smallest absolute Gasteiger partial charge is 0.224 e. The Labute approximate surface area is 118 Å². The molecule has 0 radical (unpaired) electrons. The SMILES string of the molecule is CN=C(NC)NCCCC(=O)Nc1ccc(Cl)cc1. The third kappa shape index (κ3) is 6.10. The first-order valence-electron chi connectivity index (χ1n) is 6.09. The van der Waals surface area contributed by atoms with Crippen molar-refractivity contribution in [1.29, 1.82) is 0 Å². The van der Waals surface area contributed by atoms with Crippen molar-refractivity contribution in [2.75, 3.05) is 26.0 Å². The number of anilines is 1. The maximum atomic E-state index is 11.7. The molecule has 0 unspecified atom stereocenters. The fourth-order valence-corrected chi connectivity index (χ4v) is 1.62. The van der Waals surface area contributed by atoms with E-state index in [0.717, 1.165) is 18.1 Å². The highest BCUT2D eigenvalue weighted by molar-refractivity contribution is 6.30. The monoisotopic (exact) mass is 282 g/mol. The quantitative estimate of drug-likeness (QED) is 0.439. The minimum absolute atomic E-state index is 0.0106. The lowest BCUT2D eigenvalue weighted by atomic mass is 10.2. The van der Waals surface area contributed by atoms with Crippen LogP contribution in [0.2, 0.25) is 5.02 Å². The molecule has 19 heavy (non-hydrogen) atoms. The van der Waals surface area contributed by atoms with Crippen molar-refractivity contribution in [3.8, 4) is 0 Å². The highest BCUT2D eigenvalue weighted by Gasteiger charge is 2.02. The van der Waals surface area contributed by atoms with Crippen molar-refractivity contribution in [2.24, 2.45) is 4.99 Å². The number of hydrogen-bond acceptors (Lipinski definition) is 2. The first-order valence-corrected chi connectivity index (χ1v) is 6.47. The van der Waals surface area contributed by atoms with E-state index in [-0.39, 0.29) is 5.91 Å². The summed E-state index contributed by atoms with van der Waals surface area (Å²) < 4.78 is 0. The number of aliphatic imine (C=N–C) groups is 1. The van der Waals surface area contributed by atoms with Crippen molar-refractivity contribution < 1.29 is 4.79 Å². The summed E-state index contributed by atoms with van der Waals surface area (Å²) in [5.41, 5.74) is 0.758. The minimum Gasteiger partial charge on any atom is -0.359 e. The van der Waals surface area contributed by atoms with Gasteiger partial charge in [0.2, 0.25) is 5.91 Å².